The molecule has 8 nitrogen and oxygen atoms in total. The van der Waals surface area contributed by atoms with E-state index < -0.39 is 11.6 Å². The molecule has 6 rings (SSSR count). The Bertz CT molecular complexity index is 2250. The Morgan fingerprint density at radius 3 is 1.15 bits per heavy atom. The van der Waals surface area contributed by atoms with Crippen LogP contribution in [0.4, 0.5) is 11.4 Å². The lowest BCUT2D eigenvalue weighted by molar-refractivity contribution is -0.113. The molecule has 4 aromatic rings. The summed E-state index contributed by atoms with van der Waals surface area (Å²) in [4.78, 5) is 27.9. The van der Waals surface area contributed by atoms with Crippen molar-refractivity contribution in [1.29, 1.82) is 0 Å². The molecule has 0 bridgehead atoms. The van der Waals surface area contributed by atoms with Crippen LogP contribution in [0.1, 0.15) is 83.3 Å². The SMILES string of the molecule is Cc1ccc(NC=C2C(=O)C(O)=C(C(C)C)c3cc(C)c(-c4c(C)cc5c(c4O)C(=CNc4ccc(C)c(C)c4)C(=O)C(O)=C5C(C)C)c(O)c32)cc1C. The van der Waals surface area contributed by atoms with Crippen molar-refractivity contribution in [1.82, 2.24) is 0 Å². The van der Waals surface area contributed by atoms with E-state index in [2.05, 4.69) is 10.6 Å². The molecule has 2 aliphatic rings. The number of fused-ring (bicyclic) bond motifs is 2. The van der Waals surface area contributed by atoms with E-state index in [0.29, 0.717) is 33.4 Å². The number of carbonyl (C=O) groups excluding carboxylic acids is 2. The number of allylic oxidation sites excluding steroid dienone is 4. The van der Waals surface area contributed by atoms with Crippen LogP contribution in [0.2, 0.25) is 0 Å². The molecule has 0 aliphatic heterocycles. The second kappa shape index (κ2) is 14.1. The molecular formula is C46H48N2O6. The van der Waals surface area contributed by atoms with Gasteiger partial charge >= 0.3 is 0 Å². The molecule has 0 aromatic heterocycles. The van der Waals surface area contributed by atoms with Crippen LogP contribution in [0.25, 0.3) is 33.4 Å². The van der Waals surface area contributed by atoms with Gasteiger partial charge in [-0.15, -0.1) is 0 Å². The average molecular weight is 725 g/mol. The molecule has 0 amide bonds. The predicted octanol–water partition coefficient (Wildman–Crippen LogP) is 10.5. The highest BCUT2D eigenvalue weighted by molar-refractivity contribution is 6.35. The van der Waals surface area contributed by atoms with Gasteiger partial charge in [-0.05, 0) is 122 Å². The number of benzene rings is 4. The van der Waals surface area contributed by atoms with Gasteiger partial charge in [-0.1, -0.05) is 52.0 Å². The molecule has 0 saturated carbocycles. The first-order valence-electron chi connectivity index (χ1n) is 18.2. The molecule has 0 unspecified atom stereocenters. The zero-order valence-corrected chi connectivity index (χ0v) is 32.5. The third kappa shape index (κ3) is 6.25. The van der Waals surface area contributed by atoms with Crippen LogP contribution in [0.3, 0.4) is 0 Å². The van der Waals surface area contributed by atoms with E-state index in [1.54, 1.807) is 13.8 Å². The first-order chi connectivity index (χ1) is 25.4. The van der Waals surface area contributed by atoms with Gasteiger partial charge in [0, 0.05) is 57.2 Å². The van der Waals surface area contributed by atoms with Gasteiger partial charge in [0.2, 0.25) is 11.6 Å². The molecular weight excluding hydrogens is 677 g/mol. The molecule has 0 fully saturated rings. The lowest BCUT2D eigenvalue weighted by Gasteiger charge is -2.29. The highest BCUT2D eigenvalue weighted by atomic mass is 16.3. The predicted molar refractivity (Wildman–Crippen MR) is 219 cm³/mol. The van der Waals surface area contributed by atoms with Crippen molar-refractivity contribution in [2.45, 2.75) is 69.2 Å². The minimum absolute atomic E-state index is 0.0577. The number of aliphatic hydroxyl groups excluding tert-OH is 2. The lowest BCUT2D eigenvalue weighted by Crippen LogP contribution is -2.20. The van der Waals surface area contributed by atoms with E-state index in [1.807, 2.05) is 104 Å². The number of hydrogen-bond donors (Lipinski definition) is 6. The Labute approximate surface area is 316 Å². The first kappa shape index (κ1) is 37.7. The maximum atomic E-state index is 13.9. The van der Waals surface area contributed by atoms with Crippen molar-refractivity contribution in [2.75, 3.05) is 10.6 Å². The standard InChI is InChI=1S/C46H48N2O6/c1-21(2)35-31-17-27(9)37(43(51)39(31)33(41(49)45(35)53)19-47-29-13-11-23(5)25(7)15-29)38-28(10)18-32-36(22(3)4)46(54)42(50)34(40(32)44(38)52)20-48-30-14-12-24(6)26(8)16-30/h11-22,47-48,51-54H,1-10H3. The van der Waals surface area contributed by atoms with Crippen LogP contribution in [-0.4, -0.2) is 32.0 Å². The molecule has 8 heteroatoms. The maximum Gasteiger partial charge on any atom is 0.229 e. The Morgan fingerprint density at radius 1 is 0.481 bits per heavy atom. The van der Waals surface area contributed by atoms with Gasteiger partial charge in [0.05, 0.1) is 11.1 Å². The number of rotatable bonds is 7. The fraction of sp³-hybridized carbons (Fsp3) is 0.261. The number of phenolic OH excluding ortho intramolecular Hbond substituents is 2. The second-order valence-electron chi connectivity index (χ2n) is 15.2. The third-order valence-corrected chi connectivity index (χ3v) is 10.7. The van der Waals surface area contributed by atoms with Crippen LogP contribution in [0.15, 0.2) is 72.4 Å². The van der Waals surface area contributed by atoms with Gasteiger partial charge in [-0.25, -0.2) is 0 Å². The molecule has 0 saturated heterocycles. The van der Waals surface area contributed by atoms with Crippen molar-refractivity contribution < 1.29 is 30.0 Å². The molecule has 0 atom stereocenters. The Hall–Kier alpha value is -6.02. The number of anilines is 2. The number of Topliss-reactive ketones (excluding diaryl/α,β-unsaturated/α-hetero) is 2. The van der Waals surface area contributed by atoms with Crippen molar-refractivity contribution in [3.8, 4) is 22.6 Å². The summed E-state index contributed by atoms with van der Waals surface area (Å²) in [6.45, 7) is 19.1. The third-order valence-electron chi connectivity index (χ3n) is 10.7. The van der Waals surface area contributed by atoms with Gasteiger partial charge in [-0.2, -0.15) is 0 Å². The quantitative estimate of drug-likeness (QED) is 0.104. The summed E-state index contributed by atoms with van der Waals surface area (Å²) in [5.41, 5.74) is 9.88. The average Bonchev–Trinajstić information content (AvgIpc) is 3.09. The summed E-state index contributed by atoms with van der Waals surface area (Å²) in [7, 11) is 0. The molecule has 278 valence electrons. The Morgan fingerprint density at radius 2 is 0.833 bits per heavy atom. The number of ketones is 2. The van der Waals surface area contributed by atoms with Gasteiger partial charge in [0.15, 0.2) is 11.5 Å². The highest BCUT2D eigenvalue weighted by Gasteiger charge is 2.38. The van der Waals surface area contributed by atoms with Crippen molar-refractivity contribution >= 4 is 45.2 Å². The van der Waals surface area contributed by atoms with E-state index >= 15 is 0 Å². The Balaban J connectivity index is 1.62. The minimum Gasteiger partial charge on any atom is -0.507 e. The molecule has 6 N–H and O–H groups in total. The van der Waals surface area contributed by atoms with Gasteiger partial charge in [0.1, 0.15) is 11.5 Å². The number of hydrogen-bond acceptors (Lipinski definition) is 8. The van der Waals surface area contributed by atoms with E-state index in [9.17, 15) is 30.0 Å². The number of aliphatic hydroxyl groups is 2. The van der Waals surface area contributed by atoms with Crippen LogP contribution in [-0.2, 0) is 9.59 Å². The van der Waals surface area contributed by atoms with E-state index in [1.165, 1.54) is 12.4 Å². The maximum absolute atomic E-state index is 13.9. The van der Waals surface area contributed by atoms with E-state index in [4.69, 9.17) is 0 Å². The first-order valence-corrected chi connectivity index (χ1v) is 18.2. The topological polar surface area (TPSA) is 139 Å². The van der Waals surface area contributed by atoms with E-state index in [0.717, 1.165) is 33.6 Å². The summed E-state index contributed by atoms with van der Waals surface area (Å²) < 4.78 is 0. The normalized spacial score (nSPS) is 15.9. The van der Waals surface area contributed by atoms with Gasteiger partial charge in [-0.3, -0.25) is 9.59 Å². The minimum atomic E-state index is -0.644. The van der Waals surface area contributed by atoms with Crippen LogP contribution < -0.4 is 10.6 Å². The largest absolute Gasteiger partial charge is 0.507 e. The number of nitrogens with one attached hydrogen (secondary N) is 2. The van der Waals surface area contributed by atoms with Gasteiger partial charge < -0.3 is 31.1 Å². The highest BCUT2D eigenvalue weighted by Crippen LogP contribution is 2.53. The summed E-state index contributed by atoms with van der Waals surface area (Å²) in [5.74, 6) is -3.09. The second-order valence-corrected chi connectivity index (χ2v) is 15.2. The Kier molecular flexibility index (Phi) is 9.84. The lowest BCUT2D eigenvalue weighted by atomic mass is 9.75. The number of carbonyl (C=O) groups is 2. The van der Waals surface area contributed by atoms with Crippen molar-refractivity contribution in [3.05, 3.63) is 128 Å². The van der Waals surface area contributed by atoms with Crippen LogP contribution >= 0.6 is 0 Å². The van der Waals surface area contributed by atoms with Crippen molar-refractivity contribution in [2.24, 2.45) is 11.8 Å². The smallest absolute Gasteiger partial charge is 0.229 e. The zero-order valence-electron chi connectivity index (χ0n) is 32.5. The number of aromatic hydroxyl groups is 2. The fourth-order valence-electron chi connectivity index (χ4n) is 7.60. The van der Waals surface area contributed by atoms with Crippen LogP contribution in [0, 0.1) is 53.4 Å². The molecule has 54 heavy (non-hydrogen) atoms. The summed E-state index contributed by atoms with van der Waals surface area (Å²) in [6, 6.07) is 15.2. The number of aryl methyl sites for hydroxylation is 6. The molecule has 4 aromatic carbocycles. The van der Waals surface area contributed by atoms with E-state index in [-0.39, 0.29) is 68.3 Å². The molecule has 2 aliphatic carbocycles. The summed E-state index contributed by atoms with van der Waals surface area (Å²) in [6.07, 6.45) is 2.99. The molecule has 0 radical (unpaired) electrons. The summed E-state index contributed by atoms with van der Waals surface area (Å²) >= 11 is 0. The number of phenols is 2. The molecule has 0 spiro atoms. The summed E-state index contributed by atoms with van der Waals surface area (Å²) in [5, 5.41) is 53.7. The fourth-order valence-corrected chi connectivity index (χ4v) is 7.60. The zero-order chi connectivity index (χ0) is 39.5. The van der Waals surface area contributed by atoms with Crippen molar-refractivity contribution in [3.63, 3.8) is 0 Å². The molecule has 0 heterocycles. The van der Waals surface area contributed by atoms with Gasteiger partial charge in [0.25, 0.3) is 0 Å². The van der Waals surface area contributed by atoms with Crippen LogP contribution in [0.5, 0.6) is 11.5 Å². The monoisotopic (exact) mass is 724 g/mol.